The van der Waals surface area contributed by atoms with E-state index in [9.17, 15) is 5.11 Å². The van der Waals surface area contributed by atoms with Gasteiger partial charge in [0, 0.05) is 4.70 Å². The number of aliphatic hydroxyl groups excluding tert-OH is 1. The molecule has 1 saturated carbocycles. The second kappa shape index (κ2) is 5.41. The van der Waals surface area contributed by atoms with Crippen molar-refractivity contribution in [2.24, 2.45) is 5.92 Å². The van der Waals surface area contributed by atoms with Gasteiger partial charge in [-0.05, 0) is 34.7 Å². The third-order valence-corrected chi connectivity index (χ3v) is 5.13. The molecule has 1 aromatic heterocycles. The fraction of sp³-hybridized carbons (Fsp3) is 0.500. The van der Waals surface area contributed by atoms with E-state index in [1.165, 1.54) is 42.2 Å². The molecule has 2 heteroatoms. The molecule has 0 saturated heterocycles. The zero-order chi connectivity index (χ0) is 12.4. The van der Waals surface area contributed by atoms with Crippen molar-refractivity contribution in [2.45, 2.75) is 44.6 Å². The maximum Gasteiger partial charge on any atom is 0.0806 e. The molecule has 1 nitrogen and oxygen atoms in total. The van der Waals surface area contributed by atoms with Gasteiger partial charge in [-0.2, -0.15) is 0 Å². The molecule has 3 rings (SSSR count). The first-order valence-corrected chi connectivity index (χ1v) is 7.87. The minimum atomic E-state index is -0.274. The highest BCUT2D eigenvalue weighted by Crippen LogP contribution is 2.36. The van der Waals surface area contributed by atoms with Crippen molar-refractivity contribution in [1.29, 1.82) is 0 Å². The van der Waals surface area contributed by atoms with Crippen molar-refractivity contribution in [3.05, 3.63) is 35.2 Å². The summed E-state index contributed by atoms with van der Waals surface area (Å²) in [7, 11) is 0. The topological polar surface area (TPSA) is 20.2 Å². The molecule has 1 atom stereocenters. The van der Waals surface area contributed by atoms with Gasteiger partial charge >= 0.3 is 0 Å². The van der Waals surface area contributed by atoms with Crippen LogP contribution in [0.1, 0.15) is 50.2 Å². The van der Waals surface area contributed by atoms with Crippen molar-refractivity contribution in [1.82, 2.24) is 0 Å². The van der Waals surface area contributed by atoms with Gasteiger partial charge in [-0.25, -0.2) is 0 Å². The first-order chi connectivity index (χ1) is 8.84. The van der Waals surface area contributed by atoms with Crippen LogP contribution in [0.4, 0.5) is 0 Å². The summed E-state index contributed by atoms with van der Waals surface area (Å²) in [5, 5.41) is 13.8. The van der Waals surface area contributed by atoms with E-state index in [2.05, 4.69) is 29.6 Å². The fourth-order valence-electron chi connectivity index (χ4n) is 3.12. The van der Waals surface area contributed by atoms with Crippen LogP contribution in [0.25, 0.3) is 10.1 Å². The molecule has 0 spiro atoms. The normalized spacial score (nSPS) is 19.2. The van der Waals surface area contributed by atoms with E-state index >= 15 is 0 Å². The zero-order valence-electron chi connectivity index (χ0n) is 10.6. The van der Waals surface area contributed by atoms with Crippen LogP contribution < -0.4 is 0 Å². The van der Waals surface area contributed by atoms with Crippen molar-refractivity contribution in [3.63, 3.8) is 0 Å². The Balaban J connectivity index is 1.76. The van der Waals surface area contributed by atoms with Crippen LogP contribution >= 0.6 is 11.3 Å². The molecule has 96 valence electrons. The molecule has 1 heterocycles. The molecule has 1 unspecified atom stereocenters. The van der Waals surface area contributed by atoms with Crippen molar-refractivity contribution in [3.8, 4) is 0 Å². The molecule has 1 N–H and O–H groups in total. The highest BCUT2D eigenvalue weighted by Gasteiger charge is 2.20. The summed E-state index contributed by atoms with van der Waals surface area (Å²) >= 11 is 1.74. The lowest BCUT2D eigenvalue weighted by atomic mass is 9.84. The summed E-state index contributed by atoms with van der Waals surface area (Å²) < 4.78 is 1.29. The quantitative estimate of drug-likeness (QED) is 0.831. The standard InChI is InChI=1S/C16H20OS/c17-15(10-12-6-2-1-3-7-12)14-11-18-16-9-5-4-8-13(14)16/h4-5,8-9,11-12,15,17H,1-3,6-7,10H2. The summed E-state index contributed by atoms with van der Waals surface area (Å²) in [6, 6.07) is 8.39. The summed E-state index contributed by atoms with van der Waals surface area (Å²) in [6.07, 6.45) is 7.36. The number of thiophene rings is 1. The molecule has 0 aliphatic heterocycles. The lowest BCUT2D eigenvalue weighted by Crippen LogP contribution is -2.10. The van der Waals surface area contributed by atoms with Crippen molar-refractivity contribution < 1.29 is 5.11 Å². The van der Waals surface area contributed by atoms with Crippen LogP contribution in [0.3, 0.4) is 0 Å². The van der Waals surface area contributed by atoms with Gasteiger partial charge < -0.3 is 5.11 Å². The van der Waals surface area contributed by atoms with Crippen LogP contribution in [0.2, 0.25) is 0 Å². The van der Waals surface area contributed by atoms with Crippen LogP contribution in [0, 0.1) is 5.92 Å². The molecule has 0 amide bonds. The smallest absolute Gasteiger partial charge is 0.0806 e. The predicted molar refractivity (Wildman–Crippen MR) is 78.0 cm³/mol. The summed E-state index contributed by atoms with van der Waals surface area (Å²) in [4.78, 5) is 0. The second-order valence-electron chi connectivity index (χ2n) is 5.44. The lowest BCUT2D eigenvalue weighted by Gasteiger charge is -2.23. The Morgan fingerprint density at radius 3 is 2.78 bits per heavy atom. The Hall–Kier alpha value is -0.860. The molecule has 18 heavy (non-hydrogen) atoms. The molecule has 1 aliphatic rings. The van der Waals surface area contributed by atoms with Gasteiger partial charge in [-0.1, -0.05) is 50.3 Å². The number of aliphatic hydroxyl groups is 1. The van der Waals surface area contributed by atoms with Crippen molar-refractivity contribution >= 4 is 21.4 Å². The number of benzene rings is 1. The average molecular weight is 260 g/mol. The van der Waals surface area contributed by atoms with Crippen LogP contribution in [0.5, 0.6) is 0 Å². The Morgan fingerprint density at radius 2 is 1.94 bits per heavy atom. The largest absolute Gasteiger partial charge is 0.388 e. The summed E-state index contributed by atoms with van der Waals surface area (Å²) in [5.41, 5.74) is 1.14. The minimum Gasteiger partial charge on any atom is -0.388 e. The van der Waals surface area contributed by atoms with Gasteiger partial charge in [-0.15, -0.1) is 11.3 Å². The van der Waals surface area contributed by atoms with E-state index in [1.807, 2.05) is 0 Å². The highest BCUT2D eigenvalue weighted by atomic mass is 32.1. The SMILES string of the molecule is OC(CC1CCCCC1)c1csc2ccccc12. The van der Waals surface area contributed by atoms with E-state index in [0.717, 1.165) is 17.9 Å². The van der Waals surface area contributed by atoms with Crippen molar-refractivity contribution in [2.75, 3.05) is 0 Å². The van der Waals surface area contributed by atoms with Crippen LogP contribution in [0.15, 0.2) is 29.6 Å². The molecule has 1 fully saturated rings. The zero-order valence-corrected chi connectivity index (χ0v) is 11.5. The third-order valence-electron chi connectivity index (χ3n) is 4.15. The summed E-state index contributed by atoms with van der Waals surface area (Å²) in [5.74, 6) is 0.729. The number of hydrogen-bond donors (Lipinski definition) is 1. The monoisotopic (exact) mass is 260 g/mol. The molecular formula is C16H20OS. The average Bonchev–Trinajstić information content (AvgIpc) is 2.84. The van der Waals surface area contributed by atoms with Gasteiger partial charge in [0.15, 0.2) is 0 Å². The third kappa shape index (κ3) is 2.45. The van der Waals surface area contributed by atoms with Gasteiger partial charge in [0.25, 0.3) is 0 Å². The van der Waals surface area contributed by atoms with Gasteiger partial charge in [-0.3, -0.25) is 0 Å². The van der Waals surface area contributed by atoms with Gasteiger partial charge in [0.1, 0.15) is 0 Å². The fourth-order valence-corrected chi connectivity index (χ4v) is 4.13. The Kier molecular flexibility index (Phi) is 3.67. The van der Waals surface area contributed by atoms with Gasteiger partial charge in [0.2, 0.25) is 0 Å². The first-order valence-electron chi connectivity index (χ1n) is 6.99. The maximum atomic E-state index is 10.5. The molecule has 2 aromatic rings. The van der Waals surface area contributed by atoms with Crippen LogP contribution in [-0.4, -0.2) is 5.11 Å². The molecule has 1 aromatic carbocycles. The van der Waals surface area contributed by atoms with E-state index in [0.29, 0.717) is 0 Å². The second-order valence-corrected chi connectivity index (χ2v) is 6.35. The number of fused-ring (bicyclic) bond motifs is 1. The first kappa shape index (κ1) is 12.2. The number of rotatable bonds is 3. The molecule has 0 radical (unpaired) electrons. The van der Waals surface area contributed by atoms with Crippen LogP contribution in [-0.2, 0) is 0 Å². The van der Waals surface area contributed by atoms with E-state index < -0.39 is 0 Å². The maximum absolute atomic E-state index is 10.5. The number of hydrogen-bond acceptors (Lipinski definition) is 2. The molecule has 0 bridgehead atoms. The minimum absolute atomic E-state index is 0.274. The molecule has 1 aliphatic carbocycles. The highest BCUT2D eigenvalue weighted by molar-refractivity contribution is 7.17. The summed E-state index contributed by atoms with van der Waals surface area (Å²) in [6.45, 7) is 0. The Morgan fingerprint density at radius 1 is 1.17 bits per heavy atom. The lowest BCUT2D eigenvalue weighted by molar-refractivity contribution is 0.133. The Labute approximate surface area is 112 Å². The predicted octanol–water partition coefficient (Wildman–Crippen LogP) is 4.91. The van der Waals surface area contributed by atoms with E-state index in [-0.39, 0.29) is 6.10 Å². The van der Waals surface area contributed by atoms with E-state index in [4.69, 9.17) is 0 Å². The Bertz CT molecular complexity index is 511. The molecular weight excluding hydrogens is 240 g/mol. The van der Waals surface area contributed by atoms with E-state index in [1.54, 1.807) is 11.3 Å². The van der Waals surface area contributed by atoms with Gasteiger partial charge in [0.05, 0.1) is 6.10 Å².